The number of anilines is 1. The van der Waals surface area contributed by atoms with Crippen molar-refractivity contribution in [3.05, 3.63) is 89.5 Å². The predicted octanol–water partition coefficient (Wildman–Crippen LogP) is 5.90. The lowest BCUT2D eigenvalue weighted by molar-refractivity contribution is 1.31. The van der Waals surface area contributed by atoms with Crippen molar-refractivity contribution in [2.45, 2.75) is 0 Å². The van der Waals surface area contributed by atoms with Crippen LogP contribution in [0.1, 0.15) is 22.8 Å². The number of nitrogens with zero attached hydrogens (tertiary/aromatic N) is 2. The molecule has 0 amide bonds. The molecule has 5 heteroatoms. The number of aromatic nitrogens is 4. The van der Waals surface area contributed by atoms with Crippen LogP contribution in [-0.2, 0) is 0 Å². The van der Waals surface area contributed by atoms with Gasteiger partial charge in [-0.15, -0.1) is 0 Å². The molecule has 0 saturated heterocycles. The van der Waals surface area contributed by atoms with Gasteiger partial charge in [0, 0.05) is 38.9 Å². The average molecular weight is 401 g/mol. The van der Waals surface area contributed by atoms with Crippen molar-refractivity contribution < 1.29 is 0 Å². The van der Waals surface area contributed by atoms with Gasteiger partial charge in [0.05, 0.1) is 22.8 Å². The van der Waals surface area contributed by atoms with Gasteiger partial charge in [0.25, 0.3) is 0 Å². The first-order valence-corrected chi connectivity index (χ1v) is 10.1. The highest BCUT2D eigenvalue weighted by Crippen LogP contribution is 2.33. The van der Waals surface area contributed by atoms with Crippen LogP contribution >= 0.6 is 0 Å². The summed E-state index contributed by atoms with van der Waals surface area (Å²) in [4.78, 5) is 16.5. The maximum atomic E-state index is 6.36. The van der Waals surface area contributed by atoms with Crippen molar-refractivity contribution in [1.29, 1.82) is 0 Å². The summed E-state index contributed by atoms with van der Waals surface area (Å²) >= 11 is 0. The minimum atomic E-state index is 0.715. The molecule has 2 aliphatic heterocycles. The molecule has 0 unspecified atom stereocenters. The molecule has 2 aliphatic rings. The number of hydrogen-bond donors (Lipinski definition) is 3. The summed E-state index contributed by atoms with van der Waals surface area (Å²) in [5.41, 5.74) is 16.5. The molecule has 5 heterocycles. The van der Waals surface area contributed by atoms with Crippen LogP contribution in [0.2, 0.25) is 0 Å². The molecule has 0 radical (unpaired) electrons. The van der Waals surface area contributed by atoms with Gasteiger partial charge in [-0.1, -0.05) is 18.2 Å². The van der Waals surface area contributed by atoms with E-state index >= 15 is 0 Å². The third-order valence-electron chi connectivity index (χ3n) is 5.45. The molecule has 3 aromatic heterocycles. The highest BCUT2D eigenvalue weighted by molar-refractivity contribution is 5.94. The minimum Gasteiger partial charge on any atom is -0.398 e. The highest BCUT2D eigenvalue weighted by Gasteiger charge is 2.12. The molecule has 6 rings (SSSR count). The third kappa shape index (κ3) is 3.22. The van der Waals surface area contributed by atoms with E-state index in [1.54, 1.807) is 0 Å². The number of fused-ring (bicyclic) bond motifs is 8. The number of rotatable bonds is 1. The number of hydrogen-bond acceptors (Lipinski definition) is 3. The number of aromatic amines is 2. The van der Waals surface area contributed by atoms with Crippen molar-refractivity contribution in [1.82, 2.24) is 19.9 Å². The highest BCUT2D eigenvalue weighted by atomic mass is 14.8. The normalized spacial score (nSPS) is 12.4. The van der Waals surface area contributed by atoms with Crippen molar-refractivity contribution in [3.8, 4) is 11.1 Å². The zero-order chi connectivity index (χ0) is 20.8. The van der Waals surface area contributed by atoms with Gasteiger partial charge in [-0.2, -0.15) is 0 Å². The van der Waals surface area contributed by atoms with Gasteiger partial charge >= 0.3 is 0 Å². The monoisotopic (exact) mass is 401 g/mol. The lowest BCUT2D eigenvalue weighted by Gasteiger charge is -2.07. The Balaban J connectivity index is 1.74. The fraction of sp³-hybridized carbons (Fsp3) is 0. The molecule has 148 valence electrons. The Morgan fingerprint density at radius 1 is 0.613 bits per heavy atom. The van der Waals surface area contributed by atoms with E-state index in [0.717, 1.165) is 56.0 Å². The van der Waals surface area contributed by atoms with E-state index in [9.17, 15) is 0 Å². The van der Waals surface area contributed by atoms with E-state index in [4.69, 9.17) is 15.7 Å². The van der Waals surface area contributed by atoms with Gasteiger partial charge in [0.2, 0.25) is 0 Å². The predicted molar refractivity (Wildman–Crippen MR) is 129 cm³/mol. The van der Waals surface area contributed by atoms with Crippen LogP contribution in [0.5, 0.6) is 0 Å². The Morgan fingerprint density at radius 2 is 1.23 bits per heavy atom. The van der Waals surface area contributed by atoms with Crippen LogP contribution in [-0.4, -0.2) is 19.9 Å². The Bertz CT molecular complexity index is 1550. The number of nitrogen functional groups attached to an aromatic ring is 1. The Kier molecular flexibility index (Phi) is 3.86. The second kappa shape index (κ2) is 6.85. The third-order valence-corrected chi connectivity index (χ3v) is 5.45. The molecule has 4 aromatic rings. The first-order chi connectivity index (χ1) is 15.2. The van der Waals surface area contributed by atoms with Crippen LogP contribution in [0.3, 0.4) is 0 Å². The van der Waals surface area contributed by atoms with Crippen LogP contribution < -0.4 is 5.73 Å². The average Bonchev–Trinajstić information content (AvgIpc) is 3.55. The summed E-state index contributed by atoms with van der Waals surface area (Å²) in [7, 11) is 0. The largest absolute Gasteiger partial charge is 0.398 e. The van der Waals surface area contributed by atoms with Crippen LogP contribution in [0.25, 0.3) is 57.5 Å². The Morgan fingerprint density at radius 3 is 1.97 bits per heavy atom. The van der Waals surface area contributed by atoms with E-state index in [0.29, 0.717) is 5.69 Å². The van der Waals surface area contributed by atoms with Crippen LogP contribution in [0.15, 0.2) is 66.7 Å². The van der Waals surface area contributed by atoms with Crippen LogP contribution in [0, 0.1) is 0 Å². The molecule has 4 N–H and O–H groups in total. The molecular weight excluding hydrogens is 382 g/mol. The van der Waals surface area contributed by atoms with Crippen molar-refractivity contribution in [3.63, 3.8) is 0 Å². The molecular formula is C26H19N5. The van der Waals surface area contributed by atoms with E-state index in [2.05, 4.69) is 22.1 Å². The smallest absolute Gasteiger partial charge is 0.0737 e. The molecule has 8 bridgehead atoms. The summed E-state index contributed by atoms with van der Waals surface area (Å²) in [6.45, 7) is 0. The first-order valence-electron chi connectivity index (χ1n) is 10.1. The molecule has 0 fully saturated rings. The van der Waals surface area contributed by atoms with Gasteiger partial charge in [-0.3, -0.25) is 0 Å². The molecule has 0 aliphatic carbocycles. The zero-order valence-corrected chi connectivity index (χ0v) is 16.6. The Labute approximate surface area is 178 Å². The lowest BCUT2D eigenvalue weighted by Crippen LogP contribution is -1.92. The lowest BCUT2D eigenvalue weighted by atomic mass is 10.0. The zero-order valence-electron chi connectivity index (χ0n) is 16.6. The van der Waals surface area contributed by atoms with Gasteiger partial charge in [0.1, 0.15) is 0 Å². The molecule has 0 saturated carbocycles. The molecule has 31 heavy (non-hydrogen) atoms. The first kappa shape index (κ1) is 17.5. The van der Waals surface area contributed by atoms with Gasteiger partial charge in [0.15, 0.2) is 0 Å². The number of benzene rings is 1. The summed E-state index contributed by atoms with van der Waals surface area (Å²) in [6.07, 6.45) is 8.10. The Hall–Kier alpha value is -4.38. The van der Waals surface area contributed by atoms with E-state index < -0.39 is 0 Å². The molecule has 0 spiro atoms. The molecule has 5 nitrogen and oxygen atoms in total. The minimum absolute atomic E-state index is 0.715. The second-order valence-corrected chi connectivity index (χ2v) is 7.64. The number of para-hydroxylation sites is 1. The van der Waals surface area contributed by atoms with Gasteiger partial charge in [-0.25, -0.2) is 9.97 Å². The fourth-order valence-electron chi connectivity index (χ4n) is 4.02. The van der Waals surface area contributed by atoms with Crippen molar-refractivity contribution >= 4 is 52.1 Å². The maximum Gasteiger partial charge on any atom is 0.0737 e. The van der Waals surface area contributed by atoms with Crippen molar-refractivity contribution in [2.75, 3.05) is 5.73 Å². The van der Waals surface area contributed by atoms with E-state index in [1.165, 1.54) is 0 Å². The SMILES string of the molecule is Nc1ccccc1-c1c2nc(cc3ccc(cc4nc(cc5ccc1[nH]5)C=C4)[nH]3)C=C2. The van der Waals surface area contributed by atoms with E-state index in [1.807, 2.05) is 78.9 Å². The fourth-order valence-corrected chi connectivity index (χ4v) is 4.02. The summed E-state index contributed by atoms with van der Waals surface area (Å²) in [5.74, 6) is 0. The topological polar surface area (TPSA) is 83.4 Å². The number of nitrogens with two attached hydrogens (primary N) is 1. The number of H-pyrrole nitrogens is 2. The summed E-state index contributed by atoms with van der Waals surface area (Å²) in [6, 6.07) is 22.2. The van der Waals surface area contributed by atoms with Gasteiger partial charge < -0.3 is 15.7 Å². The molecule has 1 aromatic carbocycles. The quantitative estimate of drug-likeness (QED) is 0.300. The summed E-state index contributed by atoms with van der Waals surface area (Å²) in [5, 5.41) is 0. The molecule has 0 atom stereocenters. The van der Waals surface area contributed by atoms with Crippen LogP contribution in [0.4, 0.5) is 5.69 Å². The number of nitrogens with one attached hydrogen (secondary N) is 2. The maximum absolute atomic E-state index is 6.36. The summed E-state index contributed by atoms with van der Waals surface area (Å²) < 4.78 is 0. The van der Waals surface area contributed by atoms with E-state index in [-0.39, 0.29) is 0 Å². The van der Waals surface area contributed by atoms with Gasteiger partial charge in [-0.05, 0) is 72.8 Å². The van der Waals surface area contributed by atoms with Crippen molar-refractivity contribution in [2.24, 2.45) is 0 Å². The second-order valence-electron chi connectivity index (χ2n) is 7.64. The standard InChI is InChI=1S/C26H19N5/c27-23-4-2-1-3-22(23)26-24-11-9-20(30-24)14-18-7-5-16(28-18)13-17-6-8-19(29-17)15-21-10-12-25(26)31-21/h1-15,28,31H,27H2.